The Morgan fingerprint density at radius 2 is 2.05 bits per heavy atom. The molecular formula is C13H16N4O2. The first-order valence-electron chi connectivity index (χ1n) is 5.81. The highest BCUT2D eigenvalue weighted by atomic mass is 16.2. The van der Waals surface area contributed by atoms with Gasteiger partial charge in [-0.05, 0) is 24.1 Å². The van der Waals surface area contributed by atoms with E-state index in [1.807, 2.05) is 6.07 Å². The van der Waals surface area contributed by atoms with Crippen LogP contribution >= 0.6 is 0 Å². The maximum Gasteiger partial charge on any atom is 0.312 e. The molecule has 0 heterocycles. The summed E-state index contributed by atoms with van der Waals surface area (Å²) in [4.78, 5) is 22.9. The largest absolute Gasteiger partial charge is 0.352 e. The minimum atomic E-state index is -0.750. The highest BCUT2D eigenvalue weighted by molar-refractivity contribution is 5.97. The lowest BCUT2D eigenvalue weighted by Gasteiger charge is -2.20. The number of nitrogens with one attached hydrogen (secondary N) is 2. The molecule has 1 rings (SSSR count). The number of hydrogen-bond acceptors (Lipinski definition) is 3. The number of urea groups is 1. The minimum absolute atomic E-state index is 0.105. The van der Waals surface area contributed by atoms with Gasteiger partial charge in [0.2, 0.25) is 5.91 Å². The number of nitriles is 1. The summed E-state index contributed by atoms with van der Waals surface area (Å²) in [7, 11) is 0. The first-order chi connectivity index (χ1) is 8.93. The van der Waals surface area contributed by atoms with E-state index < -0.39 is 12.1 Å². The van der Waals surface area contributed by atoms with E-state index in [1.165, 1.54) is 0 Å². The normalized spacial score (nSPS) is 11.5. The second kappa shape index (κ2) is 6.40. The van der Waals surface area contributed by atoms with Crippen LogP contribution in [0, 0.1) is 17.2 Å². The molecule has 0 saturated heterocycles. The minimum Gasteiger partial charge on any atom is -0.352 e. The monoisotopic (exact) mass is 260 g/mol. The number of carbonyl (C=O) groups excluding carboxylic acids is 2. The van der Waals surface area contributed by atoms with Crippen molar-refractivity contribution in [3.8, 4) is 6.07 Å². The second-order valence-electron chi connectivity index (χ2n) is 4.41. The molecular weight excluding hydrogens is 244 g/mol. The van der Waals surface area contributed by atoms with Gasteiger partial charge < -0.3 is 16.4 Å². The van der Waals surface area contributed by atoms with E-state index in [1.54, 1.807) is 38.1 Å². The van der Waals surface area contributed by atoms with Crippen molar-refractivity contribution < 1.29 is 9.59 Å². The fourth-order valence-corrected chi connectivity index (χ4v) is 1.57. The number of amides is 3. The number of hydrogen-bond donors (Lipinski definition) is 3. The first-order valence-corrected chi connectivity index (χ1v) is 5.81. The van der Waals surface area contributed by atoms with Gasteiger partial charge in [0.1, 0.15) is 6.04 Å². The molecule has 100 valence electrons. The van der Waals surface area contributed by atoms with Gasteiger partial charge in [-0.25, -0.2) is 4.79 Å². The molecule has 6 nitrogen and oxygen atoms in total. The lowest BCUT2D eigenvalue weighted by atomic mass is 10.0. The van der Waals surface area contributed by atoms with Crippen molar-refractivity contribution >= 4 is 17.6 Å². The van der Waals surface area contributed by atoms with E-state index in [4.69, 9.17) is 11.0 Å². The van der Waals surface area contributed by atoms with Gasteiger partial charge in [-0.2, -0.15) is 5.26 Å². The molecule has 19 heavy (non-hydrogen) atoms. The summed E-state index contributed by atoms with van der Waals surface area (Å²) in [5.74, 6) is -0.476. The van der Waals surface area contributed by atoms with E-state index >= 15 is 0 Å². The van der Waals surface area contributed by atoms with Crippen molar-refractivity contribution in [1.29, 1.82) is 5.26 Å². The zero-order valence-electron chi connectivity index (χ0n) is 10.8. The van der Waals surface area contributed by atoms with Crippen LogP contribution in [0.3, 0.4) is 0 Å². The summed E-state index contributed by atoms with van der Waals surface area (Å²) in [6.07, 6.45) is 0. The summed E-state index contributed by atoms with van der Waals surface area (Å²) in [5, 5.41) is 13.8. The highest BCUT2D eigenvalue weighted by Gasteiger charge is 2.23. The molecule has 0 fully saturated rings. The molecule has 0 aliphatic heterocycles. The van der Waals surface area contributed by atoms with Crippen LogP contribution < -0.4 is 16.4 Å². The lowest BCUT2D eigenvalue weighted by molar-refractivity contribution is -0.118. The summed E-state index contributed by atoms with van der Waals surface area (Å²) < 4.78 is 0. The van der Waals surface area contributed by atoms with E-state index in [-0.39, 0.29) is 11.8 Å². The van der Waals surface area contributed by atoms with Crippen LogP contribution in [-0.4, -0.2) is 18.0 Å². The molecule has 0 aliphatic carbocycles. The second-order valence-corrected chi connectivity index (χ2v) is 4.41. The Balaban J connectivity index is 2.81. The number of carbonyl (C=O) groups is 2. The standard InChI is InChI=1S/C13H16N4O2/c1-8(2)11(17-13(15)19)12(18)16-10-5-3-4-9(6-10)7-14/h3-6,8,11H,1-2H3,(H,16,18)(H3,15,17,19)/t11-/m1/s1. The van der Waals surface area contributed by atoms with Crippen LogP contribution in [0.4, 0.5) is 10.5 Å². The molecule has 4 N–H and O–H groups in total. The van der Waals surface area contributed by atoms with Crippen LogP contribution in [0.1, 0.15) is 19.4 Å². The number of nitrogens with two attached hydrogens (primary N) is 1. The topological polar surface area (TPSA) is 108 Å². The summed E-state index contributed by atoms with van der Waals surface area (Å²) >= 11 is 0. The highest BCUT2D eigenvalue weighted by Crippen LogP contribution is 2.12. The van der Waals surface area contributed by atoms with Crippen LogP contribution in [-0.2, 0) is 4.79 Å². The third-order valence-corrected chi connectivity index (χ3v) is 2.51. The Hall–Kier alpha value is -2.55. The number of benzene rings is 1. The summed E-state index contributed by atoms with van der Waals surface area (Å²) in [5.41, 5.74) is 5.98. The SMILES string of the molecule is CC(C)[C@@H](NC(N)=O)C(=O)Nc1cccc(C#N)c1. The Bertz CT molecular complexity index is 520. The molecule has 6 heteroatoms. The molecule has 0 spiro atoms. The first kappa shape index (κ1) is 14.5. The van der Waals surface area contributed by atoms with Crippen molar-refractivity contribution in [3.63, 3.8) is 0 Å². The van der Waals surface area contributed by atoms with Crippen molar-refractivity contribution in [2.45, 2.75) is 19.9 Å². The number of nitrogens with zero attached hydrogens (tertiary/aromatic N) is 1. The van der Waals surface area contributed by atoms with Crippen LogP contribution in [0.2, 0.25) is 0 Å². The van der Waals surface area contributed by atoms with E-state index in [9.17, 15) is 9.59 Å². The van der Waals surface area contributed by atoms with Gasteiger partial charge in [0, 0.05) is 5.69 Å². The van der Waals surface area contributed by atoms with E-state index in [0.29, 0.717) is 11.3 Å². The molecule has 0 radical (unpaired) electrons. The van der Waals surface area contributed by atoms with Gasteiger partial charge in [0.25, 0.3) is 0 Å². The van der Waals surface area contributed by atoms with E-state index in [0.717, 1.165) is 0 Å². The molecule has 3 amide bonds. The smallest absolute Gasteiger partial charge is 0.312 e. The Morgan fingerprint density at radius 1 is 1.37 bits per heavy atom. The molecule has 0 aliphatic rings. The predicted octanol–water partition coefficient (Wildman–Crippen LogP) is 1.19. The van der Waals surface area contributed by atoms with Gasteiger partial charge in [-0.1, -0.05) is 19.9 Å². The third-order valence-electron chi connectivity index (χ3n) is 2.51. The molecule has 0 unspecified atom stereocenters. The molecule has 0 bridgehead atoms. The van der Waals surface area contributed by atoms with E-state index in [2.05, 4.69) is 10.6 Å². The van der Waals surface area contributed by atoms with Crippen molar-refractivity contribution in [3.05, 3.63) is 29.8 Å². The zero-order chi connectivity index (χ0) is 14.4. The van der Waals surface area contributed by atoms with Gasteiger partial charge in [-0.3, -0.25) is 4.79 Å². The molecule has 1 atom stereocenters. The average Bonchev–Trinajstić information content (AvgIpc) is 2.35. The van der Waals surface area contributed by atoms with Crippen molar-refractivity contribution in [2.75, 3.05) is 5.32 Å². The zero-order valence-corrected chi connectivity index (χ0v) is 10.8. The van der Waals surface area contributed by atoms with Gasteiger partial charge in [-0.15, -0.1) is 0 Å². The fraction of sp³-hybridized carbons (Fsp3) is 0.308. The quantitative estimate of drug-likeness (QED) is 0.756. The van der Waals surface area contributed by atoms with Gasteiger partial charge >= 0.3 is 6.03 Å². The lowest BCUT2D eigenvalue weighted by Crippen LogP contribution is -2.49. The molecule has 1 aromatic carbocycles. The van der Waals surface area contributed by atoms with Crippen LogP contribution in [0.15, 0.2) is 24.3 Å². The molecule has 0 aromatic heterocycles. The number of primary amides is 1. The maximum atomic E-state index is 12.0. The molecule has 1 aromatic rings. The fourth-order valence-electron chi connectivity index (χ4n) is 1.57. The van der Waals surface area contributed by atoms with Gasteiger partial charge in [0.05, 0.1) is 11.6 Å². The predicted molar refractivity (Wildman–Crippen MR) is 71.1 cm³/mol. The average molecular weight is 260 g/mol. The summed E-state index contributed by atoms with van der Waals surface area (Å²) in [6.45, 7) is 3.60. The Kier molecular flexibility index (Phi) is 4.89. The molecule has 0 saturated carbocycles. The van der Waals surface area contributed by atoms with Crippen LogP contribution in [0.25, 0.3) is 0 Å². The Morgan fingerprint density at radius 3 is 2.58 bits per heavy atom. The van der Waals surface area contributed by atoms with Crippen molar-refractivity contribution in [1.82, 2.24) is 5.32 Å². The maximum absolute atomic E-state index is 12.0. The number of rotatable bonds is 4. The Labute approximate surface area is 111 Å². The number of anilines is 1. The van der Waals surface area contributed by atoms with Crippen molar-refractivity contribution in [2.24, 2.45) is 11.7 Å². The van der Waals surface area contributed by atoms with Crippen LogP contribution in [0.5, 0.6) is 0 Å². The summed E-state index contributed by atoms with van der Waals surface area (Å²) in [6, 6.07) is 7.04. The third kappa shape index (κ3) is 4.32. The van der Waals surface area contributed by atoms with Gasteiger partial charge in [0.15, 0.2) is 0 Å².